The molecule has 1 atom stereocenters. The number of aromatic nitrogens is 1. The van der Waals surface area contributed by atoms with E-state index in [0.29, 0.717) is 19.0 Å². The molecule has 0 saturated carbocycles. The molecule has 2 amide bonds. The maximum atomic E-state index is 12.1. The van der Waals surface area contributed by atoms with Gasteiger partial charge in [-0.25, -0.2) is 4.98 Å². The Bertz CT molecular complexity index is 510. The van der Waals surface area contributed by atoms with Crippen molar-refractivity contribution >= 4 is 29.2 Å². The van der Waals surface area contributed by atoms with Gasteiger partial charge in [-0.3, -0.25) is 9.59 Å². The molecule has 116 valence electrons. The molecule has 0 fully saturated rings. The lowest BCUT2D eigenvalue weighted by atomic mass is 10.2. The fourth-order valence-corrected chi connectivity index (χ4v) is 1.69. The minimum atomic E-state index is -0.703. The van der Waals surface area contributed by atoms with Crippen LogP contribution in [0.15, 0.2) is 12.1 Å². The molecule has 3 N–H and O–H groups in total. The highest BCUT2D eigenvalue weighted by Crippen LogP contribution is 2.16. The zero-order valence-corrected chi connectivity index (χ0v) is 13.0. The number of halogens is 1. The molecule has 0 saturated heterocycles. The van der Waals surface area contributed by atoms with Gasteiger partial charge >= 0.3 is 0 Å². The van der Waals surface area contributed by atoms with E-state index in [2.05, 4.69) is 20.9 Å². The number of carbonyl (C=O) groups excluding carboxylic acids is 2. The molecule has 0 aliphatic rings. The number of hydrogen-bond acceptors (Lipinski definition) is 5. The molecule has 0 aliphatic carbocycles. The van der Waals surface area contributed by atoms with Crippen LogP contribution in [0.2, 0.25) is 5.02 Å². The zero-order valence-electron chi connectivity index (χ0n) is 12.2. The minimum absolute atomic E-state index is 0.0695. The summed E-state index contributed by atoms with van der Waals surface area (Å²) < 4.78 is 4.83. The molecular weight excluding hydrogens is 296 g/mol. The van der Waals surface area contributed by atoms with Crippen molar-refractivity contribution in [2.45, 2.75) is 13.0 Å². The van der Waals surface area contributed by atoms with E-state index in [0.717, 1.165) is 0 Å². The fraction of sp³-hybridized carbons (Fsp3) is 0.462. The molecule has 1 aromatic rings. The summed E-state index contributed by atoms with van der Waals surface area (Å²) in [6.07, 6.45) is 0. The number of anilines is 1. The van der Waals surface area contributed by atoms with E-state index in [-0.39, 0.29) is 16.6 Å². The Hall–Kier alpha value is -1.86. The second-order valence-electron chi connectivity index (χ2n) is 4.26. The highest BCUT2D eigenvalue weighted by molar-refractivity contribution is 6.33. The highest BCUT2D eigenvalue weighted by atomic mass is 35.5. The molecule has 0 radical (unpaired) electrons. The first kappa shape index (κ1) is 17.2. The number of nitrogens with zero attached hydrogens (tertiary/aromatic N) is 1. The quantitative estimate of drug-likeness (QED) is 0.643. The van der Waals surface area contributed by atoms with Crippen molar-refractivity contribution in [3.63, 3.8) is 0 Å². The number of rotatable bonds is 7. The first-order valence-corrected chi connectivity index (χ1v) is 6.79. The number of nitrogens with one attached hydrogen (secondary N) is 3. The predicted molar refractivity (Wildman–Crippen MR) is 80.6 cm³/mol. The van der Waals surface area contributed by atoms with Crippen LogP contribution in [-0.2, 0) is 9.53 Å². The second kappa shape index (κ2) is 8.43. The van der Waals surface area contributed by atoms with Gasteiger partial charge < -0.3 is 20.7 Å². The molecule has 7 nitrogen and oxygen atoms in total. The van der Waals surface area contributed by atoms with Crippen molar-refractivity contribution in [1.82, 2.24) is 15.6 Å². The first-order valence-electron chi connectivity index (χ1n) is 6.41. The Morgan fingerprint density at radius 2 is 2.14 bits per heavy atom. The monoisotopic (exact) mass is 314 g/mol. The van der Waals surface area contributed by atoms with Crippen molar-refractivity contribution in [1.29, 1.82) is 0 Å². The third-order valence-electron chi connectivity index (χ3n) is 2.66. The van der Waals surface area contributed by atoms with Crippen LogP contribution in [-0.4, -0.2) is 50.1 Å². The van der Waals surface area contributed by atoms with Crippen LogP contribution in [0.5, 0.6) is 0 Å². The van der Waals surface area contributed by atoms with Gasteiger partial charge in [-0.1, -0.05) is 11.6 Å². The first-order chi connectivity index (χ1) is 9.99. The van der Waals surface area contributed by atoms with Crippen LogP contribution >= 0.6 is 11.6 Å². The normalized spacial score (nSPS) is 11.6. The molecule has 0 aliphatic heterocycles. The van der Waals surface area contributed by atoms with Gasteiger partial charge in [0.2, 0.25) is 5.91 Å². The Balaban J connectivity index is 2.65. The fourth-order valence-electron chi connectivity index (χ4n) is 1.50. The second-order valence-corrected chi connectivity index (χ2v) is 4.66. The molecule has 1 heterocycles. The van der Waals surface area contributed by atoms with Crippen molar-refractivity contribution in [2.24, 2.45) is 0 Å². The summed E-state index contributed by atoms with van der Waals surface area (Å²) in [5.74, 6) is -0.297. The molecular formula is C13H19ClN4O3. The van der Waals surface area contributed by atoms with E-state index < -0.39 is 11.9 Å². The Morgan fingerprint density at radius 3 is 2.76 bits per heavy atom. The van der Waals surface area contributed by atoms with Crippen molar-refractivity contribution in [2.75, 3.05) is 32.6 Å². The molecule has 8 heteroatoms. The van der Waals surface area contributed by atoms with Gasteiger partial charge in [0, 0.05) is 20.7 Å². The summed E-state index contributed by atoms with van der Waals surface area (Å²) >= 11 is 5.95. The third-order valence-corrected chi connectivity index (χ3v) is 2.97. The predicted octanol–water partition coefficient (Wildman–Crippen LogP) is 0.658. The molecule has 1 unspecified atom stereocenters. The maximum absolute atomic E-state index is 12.1. The Morgan fingerprint density at radius 1 is 1.43 bits per heavy atom. The Kier molecular flexibility index (Phi) is 6.90. The highest BCUT2D eigenvalue weighted by Gasteiger charge is 2.19. The van der Waals surface area contributed by atoms with Gasteiger partial charge in [0.05, 0.1) is 11.6 Å². The average molecular weight is 315 g/mol. The number of pyridine rings is 1. The third kappa shape index (κ3) is 5.20. The molecule has 21 heavy (non-hydrogen) atoms. The van der Waals surface area contributed by atoms with E-state index in [4.69, 9.17) is 16.3 Å². The smallest absolute Gasteiger partial charge is 0.272 e. The van der Waals surface area contributed by atoms with Gasteiger partial charge in [0.15, 0.2) is 0 Å². The summed E-state index contributed by atoms with van der Waals surface area (Å²) in [4.78, 5) is 27.9. The molecule has 1 aromatic heterocycles. The van der Waals surface area contributed by atoms with Crippen molar-refractivity contribution in [3.05, 3.63) is 22.8 Å². The van der Waals surface area contributed by atoms with Gasteiger partial charge in [-0.15, -0.1) is 0 Å². The summed E-state index contributed by atoms with van der Waals surface area (Å²) in [7, 11) is 3.23. The van der Waals surface area contributed by atoms with Crippen LogP contribution in [0.3, 0.4) is 0 Å². The van der Waals surface area contributed by atoms with E-state index in [1.165, 1.54) is 0 Å². The minimum Gasteiger partial charge on any atom is -0.383 e. The van der Waals surface area contributed by atoms with Gasteiger partial charge in [-0.2, -0.15) is 0 Å². The lowest BCUT2D eigenvalue weighted by Crippen LogP contribution is -2.45. The molecule has 0 aromatic carbocycles. The summed E-state index contributed by atoms with van der Waals surface area (Å²) in [5, 5.41) is 8.22. The topological polar surface area (TPSA) is 92.4 Å². The van der Waals surface area contributed by atoms with E-state index in [9.17, 15) is 9.59 Å². The number of amides is 2. The summed E-state index contributed by atoms with van der Waals surface area (Å²) in [6.45, 7) is 2.36. The number of hydrogen-bond donors (Lipinski definition) is 3. The maximum Gasteiger partial charge on any atom is 0.272 e. The SMILES string of the molecule is CNc1ccc(Cl)c(C(=O)NC(C)C(=O)NCCOC)n1. The average Bonchev–Trinajstić information content (AvgIpc) is 2.47. The van der Waals surface area contributed by atoms with Crippen molar-refractivity contribution < 1.29 is 14.3 Å². The summed E-state index contributed by atoms with van der Waals surface area (Å²) in [6, 6.07) is 2.52. The van der Waals surface area contributed by atoms with Crippen molar-refractivity contribution in [3.8, 4) is 0 Å². The Labute approximate surface area is 128 Å². The largest absolute Gasteiger partial charge is 0.383 e. The zero-order chi connectivity index (χ0) is 15.8. The van der Waals surface area contributed by atoms with Crippen LogP contribution in [0.25, 0.3) is 0 Å². The number of carbonyl (C=O) groups is 2. The van der Waals surface area contributed by atoms with E-state index in [1.807, 2.05) is 0 Å². The standard InChI is InChI=1S/C13H19ClN4O3/c1-8(12(19)16-6-7-21-3)17-13(20)11-9(14)4-5-10(15-2)18-11/h4-5,8H,6-7H2,1-3H3,(H,15,18)(H,16,19)(H,17,20). The van der Waals surface area contributed by atoms with Gasteiger partial charge in [-0.05, 0) is 19.1 Å². The van der Waals surface area contributed by atoms with Crippen LogP contribution < -0.4 is 16.0 Å². The number of ether oxygens (including phenoxy) is 1. The molecule has 1 rings (SSSR count). The molecule has 0 spiro atoms. The van der Waals surface area contributed by atoms with Gasteiger partial charge in [0.25, 0.3) is 5.91 Å². The van der Waals surface area contributed by atoms with Gasteiger partial charge in [0.1, 0.15) is 17.6 Å². The lowest BCUT2D eigenvalue weighted by Gasteiger charge is -2.14. The lowest BCUT2D eigenvalue weighted by molar-refractivity contribution is -0.122. The van der Waals surface area contributed by atoms with E-state index >= 15 is 0 Å². The van der Waals surface area contributed by atoms with E-state index in [1.54, 1.807) is 33.2 Å². The summed E-state index contributed by atoms with van der Waals surface area (Å²) in [5.41, 5.74) is 0.0695. The van der Waals surface area contributed by atoms with Crippen LogP contribution in [0, 0.1) is 0 Å². The molecule has 0 bridgehead atoms. The van der Waals surface area contributed by atoms with Crippen LogP contribution in [0.4, 0.5) is 5.82 Å². The van der Waals surface area contributed by atoms with Crippen LogP contribution in [0.1, 0.15) is 17.4 Å². The number of methoxy groups -OCH3 is 1.